The lowest BCUT2D eigenvalue weighted by molar-refractivity contribution is 0.302. The van der Waals surface area contributed by atoms with Crippen molar-refractivity contribution in [2.75, 3.05) is 0 Å². The van der Waals surface area contributed by atoms with Crippen molar-refractivity contribution in [1.29, 1.82) is 0 Å². The van der Waals surface area contributed by atoms with E-state index in [1.54, 1.807) is 12.1 Å². The summed E-state index contributed by atoms with van der Waals surface area (Å²) < 4.78 is 34.2. The quantitative estimate of drug-likeness (QED) is 0.250. The van der Waals surface area contributed by atoms with Gasteiger partial charge >= 0.3 is 0 Å². The second-order valence-corrected chi connectivity index (χ2v) is 9.18. The zero-order valence-corrected chi connectivity index (χ0v) is 19.7. The molecule has 0 amide bonds. The van der Waals surface area contributed by atoms with Crippen LogP contribution in [-0.4, -0.2) is 0 Å². The number of hydrogen-bond donors (Lipinski definition) is 0. The summed E-state index contributed by atoms with van der Waals surface area (Å²) in [5.41, 5.74) is 2.29. The smallest absolute Gasteiger partial charge is 0.201 e. The minimum Gasteiger partial charge on any atom is -0.462 e. The summed E-state index contributed by atoms with van der Waals surface area (Å²) in [6.45, 7) is 4.21. The first-order valence-corrected chi connectivity index (χ1v) is 12.5. The van der Waals surface area contributed by atoms with E-state index in [0.717, 1.165) is 12.3 Å². The zero-order chi connectivity index (χ0) is 22.8. The number of benzene rings is 2. The van der Waals surface area contributed by atoms with Crippen LogP contribution in [0, 0.1) is 17.6 Å². The van der Waals surface area contributed by atoms with E-state index in [1.807, 2.05) is 19.1 Å². The lowest BCUT2D eigenvalue weighted by Gasteiger charge is -2.29. The van der Waals surface area contributed by atoms with Gasteiger partial charge in [0.05, 0.1) is 6.26 Å². The normalized spacial score (nSPS) is 18.9. The molecule has 0 N–H and O–H groups in total. The van der Waals surface area contributed by atoms with Crippen LogP contribution in [0.5, 0.6) is 5.75 Å². The van der Waals surface area contributed by atoms with Crippen molar-refractivity contribution in [1.82, 2.24) is 0 Å². The van der Waals surface area contributed by atoms with Crippen molar-refractivity contribution in [2.24, 2.45) is 5.92 Å². The van der Waals surface area contributed by atoms with Crippen LogP contribution in [0.2, 0.25) is 0 Å². The van der Waals surface area contributed by atoms with E-state index in [9.17, 15) is 8.78 Å². The van der Waals surface area contributed by atoms with Crippen molar-refractivity contribution in [3.05, 3.63) is 65.9 Å². The standard InChI is InChI=1S/C29H38F2O/c1-3-5-7-8-9-10-22-11-13-23(14-12-22)24-15-17-25(18-16-24)26-19-20-27(29(31)28(26)30)32-21-6-4-2/h6,15-23H,3-5,7-14H2,1-2H3/b21-6-. The molecule has 0 aliphatic heterocycles. The fourth-order valence-electron chi connectivity index (χ4n) is 4.82. The summed E-state index contributed by atoms with van der Waals surface area (Å²) in [6.07, 6.45) is 17.2. The predicted molar refractivity (Wildman–Crippen MR) is 130 cm³/mol. The average Bonchev–Trinajstić information content (AvgIpc) is 2.82. The Morgan fingerprint density at radius 2 is 1.56 bits per heavy atom. The van der Waals surface area contributed by atoms with Gasteiger partial charge in [-0.1, -0.05) is 76.6 Å². The van der Waals surface area contributed by atoms with Gasteiger partial charge in [-0.3, -0.25) is 0 Å². The highest BCUT2D eigenvalue weighted by atomic mass is 19.2. The molecule has 0 bridgehead atoms. The molecule has 2 aromatic rings. The van der Waals surface area contributed by atoms with Gasteiger partial charge in [-0.2, -0.15) is 4.39 Å². The molecule has 0 unspecified atom stereocenters. The van der Waals surface area contributed by atoms with Crippen LogP contribution in [-0.2, 0) is 0 Å². The van der Waals surface area contributed by atoms with Gasteiger partial charge in [0.1, 0.15) is 0 Å². The second-order valence-electron chi connectivity index (χ2n) is 9.18. The lowest BCUT2D eigenvalue weighted by Crippen LogP contribution is -2.13. The number of ether oxygens (including phenoxy) is 1. The molecule has 1 aliphatic rings. The Hall–Kier alpha value is -2.16. The summed E-state index contributed by atoms with van der Waals surface area (Å²) in [5.74, 6) is -0.421. The van der Waals surface area contributed by atoms with Gasteiger partial charge in [-0.05, 0) is 73.3 Å². The molecular weight excluding hydrogens is 402 g/mol. The molecule has 3 heteroatoms. The number of allylic oxidation sites excluding steroid dienone is 1. The highest BCUT2D eigenvalue weighted by Gasteiger charge is 2.22. The van der Waals surface area contributed by atoms with Gasteiger partial charge in [0.15, 0.2) is 11.6 Å². The lowest BCUT2D eigenvalue weighted by atomic mass is 9.77. The molecule has 3 rings (SSSR count). The summed E-state index contributed by atoms with van der Waals surface area (Å²) in [5, 5.41) is 0. The third-order valence-corrected chi connectivity index (χ3v) is 6.83. The van der Waals surface area contributed by atoms with Crippen molar-refractivity contribution in [3.63, 3.8) is 0 Å². The Morgan fingerprint density at radius 1 is 0.844 bits per heavy atom. The first kappa shape index (κ1) is 24.5. The minimum absolute atomic E-state index is 0.0882. The van der Waals surface area contributed by atoms with Crippen LogP contribution < -0.4 is 4.74 Å². The molecule has 32 heavy (non-hydrogen) atoms. The van der Waals surface area contributed by atoms with Crippen molar-refractivity contribution >= 4 is 0 Å². The van der Waals surface area contributed by atoms with Gasteiger partial charge in [-0.15, -0.1) is 0 Å². The molecule has 0 atom stereocenters. The van der Waals surface area contributed by atoms with E-state index < -0.39 is 11.6 Å². The molecule has 0 spiro atoms. The largest absolute Gasteiger partial charge is 0.462 e. The van der Waals surface area contributed by atoms with Crippen LogP contribution in [0.15, 0.2) is 48.7 Å². The van der Waals surface area contributed by atoms with Gasteiger partial charge in [0.25, 0.3) is 0 Å². The first-order valence-electron chi connectivity index (χ1n) is 12.5. The van der Waals surface area contributed by atoms with Crippen LogP contribution in [0.3, 0.4) is 0 Å². The maximum atomic E-state index is 14.6. The van der Waals surface area contributed by atoms with Crippen molar-refractivity contribution in [2.45, 2.75) is 90.4 Å². The summed E-state index contributed by atoms with van der Waals surface area (Å²) in [4.78, 5) is 0. The maximum Gasteiger partial charge on any atom is 0.201 e. The van der Waals surface area contributed by atoms with E-state index in [0.29, 0.717) is 11.5 Å². The molecule has 2 aromatic carbocycles. The Kier molecular flexibility index (Phi) is 9.77. The van der Waals surface area contributed by atoms with E-state index >= 15 is 0 Å². The van der Waals surface area contributed by atoms with Crippen LogP contribution >= 0.6 is 0 Å². The fraction of sp³-hybridized carbons (Fsp3) is 0.517. The van der Waals surface area contributed by atoms with Crippen LogP contribution in [0.4, 0.5) is 8.78 Å². The first-order chi connectivity index (χ1) is 15.6. The molecule has 1 fully saturated rings. The highest BCUT2D eigenvalue weighted by molar-refractivity contribution is 5.65. The fourth-order valence-corrected chi connectivity index (χ4v) is 4.82. The zero-order valence-electron chi connectivity index (χ0n) is 19.7. The molecule has 0 aromatic heterocycles. The third kappa shape index (κ3) is 6.67. The van der Waals surface area contributed by atoms with Crippen LogP contribution in [0.1, 0.15) is 96.0 Å². The Balaban J connectivity index is 1.55. The van der Waals surface area contributed by atoms with Gasteiger partial charge in [0.2, 0.25) is 5.82 Å². The molecule has 174 valence electrons. The molecule has 0 radical (unpaired) electrons. The van der Waals surface area contributed by atoms with Crippen LogP contribution in [0.25, 0.3) is 11.1 Å². The molecule has 0 heterocycles. The summed E-state index contributed by atoms with van der Waals surface area (Å²) in [6, 6.07) is 11.1. The molecule has 0 saturated heterocycles. The van der Waals surface area contributed by atoms with E-state index in [4.69, 9.17) is 4.74 Å². The molecule has 1 aliphatic carbocycles. The number of rotatable bonds is 11. The van der Waals surface area contributed by atoms with E-state index in [-0.39, 0.29) is 11.3 Å². The molecule has 1 saturated carbocycles. The second kappa shape index (κ2) is 12.8. The van der Waals surface area contributed by atoms with Gasteiger partial charge < -0.3 is 4.74 Å². The average molecular weight is 441 g/mol. The SMILES string of the molecule is CC/C=C\Oc1ccc(-c2ccc(C3CCC(CCCCCCC)CC3)cc2)c(F)c1F. The predicted octanol–water partition coefficient (Wildman–Crippen LogP) is 9.57. The minimum atomic E-state index is -0.944. The number of hydrogen-bond acceptors (Lipinski definition) is 1. The van der Waals surface area contributed by atoms with Gasteiger partial charge in [0, 0.05) is 5.56 Å². The van der Waals surface area contributed by atoms with Crippen molar-refractivity contribution in [3.8, 4) is 16.9 Å². The summed E-state index contributed by atoms with van der Waals surface area (Å²) in [7, 11) is 0. The Labute approximate surface area is 192 Å². The summed E-state index contributed by atoms with van der Waals surface area (Å²) >= 11 is 0. The van der Waals surface area contributed by atoms with Gasteiger partial charge in [-0.25, -0.2) is 4.39 Å². The van der Waals surface area contributed by atoms with Crippen molar-refractivity contribution < 1.29 is 13.5 Å². The third-order valence-electron chi connectivity index (χ3n) is 6.83. The number of unbranched alkanes of at least 4 members (excludes halogenated alkanes) is 4. The number of halogens is 2. The Bertz CT molecular complexity index is 848. The highest BCUT2D eigenvalue weighted by Crippen LogP contribution is 2.39. The molecule has 1 nitrogen and oxygen atoms in total. The van der Waals surface area contributed by atoms with E-state index in [1.165, 1.54) is 82.1 Å². The van der Waals surface area contributed by atoms with E-state index in [2.05, 4.69) is 19.1 Å². The topological polar surface area (TPSA) is 9.23 Å². The Morgan fingerprint density at radius 3 is 2.25 bits per heavy atom. The monoisotopic (exact) mass is 440 g/mol. The molecular formula is C29H38F2O. The maximum absolute atomic E-state index is 14.6.